The van der Waals surface area contributed by atoms with E-state index in [9.17, 15) is 4.39 Å². The Hall–Kier alpha value is -0.930. The summed E-state index contributed by atoms with van der Waals surface area (Å²) in [7, 11) is 2.09. The van der Waals surface area contributed by atoms with E-state index in [4.69, 9.17) is 5.73 Å². The highest BCUT2D eigenvalue weighted by atomic mass is 19.1. The summed E-state index contributed by atoms with van der Waals surface area (Å²) in [6.45, 7) is 3.06. The third-order valence-electron chi connectivity index (χ3n) is 5.67. The van der Waals surface area contributed by atoms with E-state index in [1.807, 2.05) is 12.1 Å². The summed E-state index contributed by atoms with van der Waals surface area (Å²) in [5.41, 5.74) is 7.16. The van der Waals surface area contributed by atoms with Gasteiger partial charge in [-0.05, 0) is 57.1 Å². The predicted molar refractivity (Wildman–Crippen MR) is 79.7 cm³/mol. The zero-order valence-corrected chi connectivity index (χ0v) is 12.4. The Balaban J connectivity index is 1.67. The van der Waals surface area contributed by atoms with Crippen LogP contribution in [0.4, 0.5) is 4.39 Å². The van der Waals surface area contributed by atoms with Gasteiger partial charge in [-0.2, -0.15) is 0 Å². The van der Waals surface area contributed by atoms with Crippen LogP contribution in [0.25, 0.3) is 0 Å². The number of rotatable bonds is 4. The van der Waals surface area contributed by atoms with Crippen LogP contribution in [-0.4, -0.2) is 24.5 Å². The standard InChI is InChI=1S/C17H25FN2/c1-11(14-5-3-4-6-16(14)18)20(2)10-15-12-7-8-13(9-12)17(15)19/h3-6,11-13,15,17H,7-10,19H2,1-2H3. The fourth-order valence-corrected chi connectivity index (χ4v) is 4.27. The van der Waals surface area contributed by atoms with Crippen molar-refractivity contribution in [3.63, 3.8) is 0 Å². The van der Waals surface area contributed by atoms with Gasteiger partial charge in [-0.3, -0.25) is 4.90 Å². The van der Waals surface area contributed by atoms with E-state index in [-0.39, 0.29) is 11.9 Å². The van der Waals surface area contributed by atoms with Crippen molar-refractivity contribution in [2.24, 2.45) is 23.5 Å². The lowest BCUT2D eigenvalue weighted by atomic mass is 9.84. The van der Waals surface area contributed by atoms with Gasteiger partial charge in [0, 0.05) is 24.2 Å². The van der Waals surface area contributed by atoms with Crippen molar-refractivity contribution < 1.29 is 4.39 Å². The third kappa shape index (κ3) is 2.38. The Labute approximate surface area is 121 Å². The summed E-state index contributed by atoms with van der Waals surface area (Å²) in [6.07, 6.45) is 3.97. The van der Waals surface area contributed by atoms with Gasteiger partial charge in [-0.25, -0.2) is 4.39 Å². The number of halogens is 1. The number of benzene rings is 1. The summed E-state index contributed by atoms with van der Waals surface area (Å²) in [5.74, 6) is 2.02. The van der Waals surface area contributed by atoms with Crippen LogP contribution >= 0.6 is 0 Å². The molecule has 0 spiro atoms. The Bertz CT molecular complexity index is 474. The highest BCUT2D eigenvalue weighted by Crippen LogP contribution is 2.48. The summed E-state index contributed by atoms with van der Waals surface area (Å²) < 4.78 is 13.9. The zero-order chi connectivity index (χ0) is 14.3. The maximum Gasteiger partial charge on any atom is 0.127 e. The van der Waals surface area contributed by atoms with Crippen LogP contribution in [0.1, 0.15) is 37.8 Å². The van der Waals surface area contributed by atoms with E-state index in [0.717, 1.165) is 23.9 Å². The Morgan fingerprint density at radius 3 is 2.65 bits per heavy atom. The summed E-state index contributed by atoms with van der Waals surface area (Å²) in [6, 6.07) is 7.54. The molecule has 20 heavy (non-hydrogen) atoms. The van der Waals surface area contributed by atoms with Gasteiger partial charge in [0.05, 0.1) is 0 Å². The quantitative estimate of drug-likeness (QED) is 0.915. The fourth-order valence-electron chi connectivity index (χ4n) is 4.27. The van der Waals surface area contributed by atoms with Crippen molar-refractivity contribution in [2.75, 3.05) is 13.6 Å². The Morgan fingerprint density at radius 1 is 1.30 bits per heavy atom. The van der Waals surface area contributed by atoms with Gasteiger partial charge >= 0.3 is 0 Å². The van der Waals surface area contributed by atoms with Crippen LogP contribution in [0.2, 0.25) is 0 Å². The lowest BCUT2D eigenvalue weighted by Crippen LogP contribution is -2.42. The molecular formula is C17H25FN2. The zero-order valence-electron chi connectivity index (χ0n) is 12.4. The SMILES string of the molecule is CC(c1ccccc1F)N(C)CC1C2CCC(C2)C1N. The van der Waals surface area contributed by atoms with Crippen molar-refractivity contribution >= 4 is 0 Å². The summed E-state index contributed by atoms with van der Waals surface area (Å²) in [5, 5.41) is 0. The molecule has 3 heteroatoms. The number of fused-ring (bicyclic) bond motifs is 2. The summed E-state index contributed by atoms with van der Waals surface area (Å²) in [4.78, 5) is 2.27. The van der Waals surface area contributed by atoms with Crippen molar-refractivity contribution in [1.29, 1.82) is 0 Å². The molecule has 110 valence electrons. The van der Waals surface area contributed by atoms with Gasteiger partial charge in [0.15, 0.2) is 0 Å². The number of hydrogen-bond donors (Lipinski definition) is 1. The molecule has 0 aliphatic heterocycles. The highest BCUT2D eigenvalue weighted by Gasteiger charge is 2.46. The smallest absolute Gasteiger partial charge is 0.127 e. The van der Waals surface area contributed by atoms with Crippen LogP contribution in [-0.2, 0) is 0 Å². The van der Waals surface area contributed by atoms with E-state index in [0.29, 0.717) is 12.0 Å². The molecule has 0 aromatic heterocycles. The molecule has 5 atom stereocenters. The average Bonchev–Trinajstić information content (AvgIpc) is 3.02. The molecule has 0 radical (unpaired) electrons. The van der Waals surface area contributed by atoms with E-state index >= 15 is 0 Å². The molecule has 2 nitrogen and oxygen atoms in total. The van der Waals surface area contributed by atoms with Crippen LogP contribution in [0.15, 0.2) is 24.3 Å². The van der Waals surface area contributed by atoms with Gasteiger partial charge in [-0.1, -0.05) is 18.2 Å². The molecule has 2 aliphatic carbocycles. The second-order valence-electron chi connectivity index (χ2n) is 6.71. The molecule has 2 saturated carbocycles. The van der Waals surface area contributed by atoms with E-state index in [1.54, 1.807) is 12.1 Å². The molecular weight excluding hydrogens is 251 g/mol. The van der Waals surface area contributed by atoms with Crippen molar-refractivity contribution in [3.05, 3.63) is 35.6 Å². The van der Waals surface area contributed by atoms with Crippen LogP contribution in [0, 0.1) is 23.6 Å². The fraction of sp³-hybridized carbons (Fsp3) is 0.647. The first-order chi connectivity index (χ1) is 9.58. The van der Waals surface area contributed by atoms with Crippen molar-refractivity contribution in [1.82, 2.24) is 4.90 Å². The maximum atomic E-state index is 13.9. The third-order valence-corrected chi connectivity index (χ3v) is 5.67. The van der Waals surface area contributed by atoms with Gasteiger partial charge in [0.2, 0.25) is 0 Å². The number of nitrogens with two attached hydrogens (primary N) is 1. The van der Waals surface area contributed by atoms with Crippen LogP contribution in [0.5, 0.6) is 0 Å². The van der Waals surface area contributed by atoms with Crippen molar-refractivity contribution in [3.8, 4) is 0 Å². The van der Waals surface area contributed by atoms with E-state index in [1.165, 1.54) is 19.3 Å². The topological polar surface area (TPSA) is 29.3 Å². The molecule has 2 bridgehead atoms. The molecule has 5 unspecified atom stereocenters. The number of hydrogen-bond acceptors (Lipinski definition) is 2. The lowest BCUT2D eigenvalue weighted by molar-refractivity contribution is 0.165. The van der Waals surface area contributed by atoms with Crippen molar-refractivity contribution in [2.45, 2.75) is 38.3 Å². The Kier molecular flexibility index (Phi) is 3.83. The Morgan fingerprint density at radius 2 is 2.00 bits per heavy atom. The van der Waals surface area contributed by atoms with Crippen LogP contribution < -0.4 is 5.73 Å². The van der Waals surface area contributed by atoms with Crippen LogP contribution in [0.3, 0.4) is 0 Å². The molecule has 0 saturated heterocycles. The minimum absolute atomic E-state index is 0.0996. The largest absolute Gasteiger partial charge is 0.327 e. The molecule has 2 fully saturated rings. The van der Waals surface area contributed by atoms with Gasteiger partial charge < -0.3 is 5.73 Å². The molecule has 2 N–H and O–H groups in total. The van der Waals surface area contributed by atoms with Gasteiger partial charge in [0.25, 0.3) is 0 Å². The maximum absolute atomic E-state index is 13.9. The van der Waals surface area contributed by atoms with Gasteiger partial charge in [-0.15, -0.1) is 0 Å². The first kappa shape index (κ1) is 14.0. The molecule has 0 heterocycles. The molecule has 1 aromatic carbocycles. The normalized spacial score (nSPS) is 33.9. The average molecular weight is 276 g/mol. The molecule has 0 amide bonds. The summed E-state index contributed by atoms with van der Waals surface area (Å²) >= 11 is 0. The minimum atomic E-state index is -0.107. The lowest BCUT2D eigenvalue weighted by Gasteiger charge is -2.34. The number of nitrogens with zero attached hydrogens (tertiary/aromatic N) is 1. The minimum Gasteiger partial charge on any atom is -0.327 e. The van der Waals surface area contributed by atoms with E-state index in [2.05, 4.69) is 18.9 Å². The van der Waals surface area contributed by atoms with E-state index < -0.39 is 0 Å². The predicted octanol–water partition coefficient (Wildman–Crippen LogP) is 3.19. The second kappa shape index (κ2) is 5.45. The first-order valence-corrected chi connectivity index (χ1v) is 7.78. The molecule has 3 rings (SSSR count). The van der Waals surface area contributed by atoms with Gasteiger partial charge in [0.1, 0.15) is 5.82 Å². The monoisotopic (exact) mass is 276 g/mol. The highest BCUT2D eigenvalue weighted by molar-refractivity contribution is 5.20. The molecule has 2 aliphatic rings. The molecule has 1 aromatic rings. The first-order valence-electron chi connectivity index (χ1n) is 7.78. The second-order valence-corrected chi connectivity index (χ2v) is 6.71.